The van der Waals surface area contributed by atoms with Crippen LogP contribution in [0.15, 0.2) is 22.8 Å². The zero-order chi connectivity index (χ0) is 32.3. The van der Waals surface area contributed by atoms with Gasteiger partial charge in [0.25, 0.3) is 0 Å². The molecule has 4 rings (SSSR count). The maximum atomic E-state index is 12.2. The molecule has 10 atom stereocenters. The number of aliphatic hydroxyl groups is 1. The minimum atomic E-state index is -0.989. The highest BCUT2D eigenvalue weighted by molar-refractivity contribution is 5.85. The number of esters is 2. The minimum Gasteiger partial charge on any atom is -0.478 e. The lowest BCUT2D eigenvalue weighted by Gasteiger charge is -2.63. The Balaban J connectivity index is 1.76. The fourth-order valence-electron chi connectivity index (χ4n) is 10.3. The van der Waals surface area contributed by atoms with Crippen LogP contribution in [0.25, 0.3) is 0 Å². The van der Waals surface area contributed by atoms with Gasteiger partial charge in [0.15, 0.2) is 0 Å². The van der Waals surface area contributed by atoms with Crippen molar-refractivity contribution in [3.05, 3.63) is 22.8 Å². The van der Waals surface area contributed by atoms with Crippen LogP contribution in [0.2, 0.25) is 0 Å². The van der Waals surface area contributed by atoms with Crippen LogP contribution >= 0.6 is 0 Å². The summed E-state index contributed by atoms with van der Waals surface area (Å²) in [7, 11) is 1.77. The van der Waals surface area contributed by atoms with Gasteiger partial charge >= 0.3 is 17.9 Å². The first-order valence-electron chi connectivity index (χ1n) is 16.1. The fourth-order valence-corrected chi connectivity index (χ4v) is 10.3. The van der Waals surface area contributed by atoms with E-state index >= 15 is 0 Å². The second-order valence-corrected chi connectivity index (χ2v) is 15.2. The van der Waals surface area contributed by atoms with Gasteiger partial charge in [-0.05, 0) is 79.6 Å². The third-order valence-corrected chi connectivity index (χ3v) is 12.9. The highest BCUT2D eigenvalue weighted by atomic mass is 16.5. The number of carbonyl (C=O) groups is 3. The third-order valence-electron chi connectivity index (χ3n) is 12.9. The molecule has 0 aromatic heterocycles. The van der Waals surface area contributed by atoms with Crippen molar-refractivity contribution in [3.63, 3.8) is 0 Å². The lowest BCUT2D eigenvalue weighted by atomic mass is 9.42. The molecule has 0 aliphatic heterocycles. The van der Waals surface area contributed by atoms with E-state index in [4.69, 9.17) is 14.2 Å². The Morgan fingerprint density at radius 1 is 1.02 bits per heavy atom. The largest absolute Gasteiger partial charge is 0.478 e. The van der Waals surface area contributed by atoms with Gasteiger partial charge in [-0.25, -0.2) is 4.79 Å². The van der Waals surface area contributed by atoms with Crippen LogP contribution in [0.1, 0.15) is 107 Å². The molecular weight excluding hydrogens is 548 g/mol. The molecule has 4 aliphatic carbocycles. The van der Waals surface area contributed by atoms with Gasteiger partial charge < -0.3 is 24.4 Å². The van der Waals surface area contributed by atoms with Crippen molar-refractivity contribution in [2.75, 3.05) is 7.11 Å². The molecule has 0 unspecified atom stereocenters. The standard InChI is InChI=1S/C35H54O8/c1-19(31(39)40)11-12-25(42-21(3)36)20(2)24-17-28(38)35(9)30-23(13-16-34(24,35)8)33(7)15-14-29(43-22(4)37)32(5,6)27(33)18-26(30)41-10/h11,20,24-29,38H,12-18H2,1-10H3,(H,39,40)/b19-11+/t20-,24-,25+,26-,27+,28+,29-,33-,34-,35+/m1/s1. The monoisotopic (exact) mass is 602 g/mol. The van der Waals surface area contributed by atoms with E-state index in [1.807, 2.05) is 0 Å². The minimum absolute atomic E-state index is 0.0450. The van der Waals surface area contributed by atoms with Gasteiger partial charge in [0.1, 0.15) is 12.2 Å². The summed E-state index contributed by atoms with van der Waals surface area (Å²) in [6, 6.07) is 0. The quantitative estimate of drug-likeness (QED) is 0.190. The first kappa shape index (κ1) is 33.7. The molecule has 43 heavy (non-hydrogen) atoms. The summed E-state index contributed by atoms with van der Waals surface area (Å²) >= 11 is 0. The van der Waals surface area contributed by atoms with E-state index in [2.05, 4.69) is 41.5 Å². The Bertz CT molecular complexity index is 1200. The average molecular weight is 603 g/mol. The number of hydrogen-bond acceptors (Lipinski definition) is 7. The third kappa shape index (κ3) is 5.28. The predicted molar refractivity (Wildman–Crippen MR) is 163 cm³/mol. The molecule has 0 amide bonds. The molecule has 8 nitrogen and oxygen atoms in total. The number of carboxylic acids is 1. The first-order valence-corrected chi connectivity index (χ1v) is 16.1. The lowest BCUT2D eigenvalue weighted by Crippen LogP contribution is -2.60. The molecule has 0 aromatic rings. The van der Waals surface area contributed by atoms with Crippen molar-refractivity contribution in [1.82, 2.24) is 0 Å². The molecule has 2 N–H and O–H groups in total. The molecule has 242 valence electrons. The van der Waals surface area contributed by atoms with E-state index in [0.717, 1.165) is 32.1 Å². The number of fused-ring (bicyclic) bond motifs is 4. The summed E-state index contributed by atoms with van der Waals surface area (Å²) in [5.41, 5.74) is 1.71. The molecule has 2 fully saturated rings. The summed E-state index contributed by atoms with van der Waals surface area (Å²) < 4.78 is 18.0. The SMILES string of the molecule is CO[C@@H]1C[C@H]2C(C)(C)[C@H](OC(C)=O)CC[C@]2(C)C2=C1[C@]1(C)[C@@H](O)C[C@H]([C@@H](C)[C@H](C/C=C(\C)C(=O)O)OC(C)=O)[C@@]1(C)CC2. The fraction of sp³-hybridized carbons (Fsp3) is 0.800. The van der Waals surface area contributed by atoms with E-state index in [-0.39, 0.29) is 57.7 Å². The molecule has 0 spiro atoms. The number of allylic oxidation sites excluding steroid dienone is 1. The van der Waals surface area contributed by atoms with Crippen LogP contribution in [0.5, 0.6) is 0 Å². The molecule has 2 saturated carbocycles. The Morgan fingerprint density at radius 3 is 2.23 bits per heavy atom. The summed E-state index contributed by atoms with van der Waals surface area (Å²) in [4.78, 5) is 35.6. The van der Waals surface area contributed by atoms with E-state index in [9.17, 15) is 24.6 Å². The van der Waals surface area contributed by atoms with E-state index in [1.165, 1.54) is 25.0 Å². The highest BCUT2D eigenvalue weighted by Gasteiger charge is 2.69. The second kappa shape index (κ2) is 11.6. The number of aliphatic hydroxyl groups excluding tert-OH is 1. The van der Waals surface area contributed by atoms with Gasteiger partial charge in [-0.1, -0.05) is 53.2 Å². The molecular formula is C35H54O8. The Kier molecular flexibility index (Phi) is 9.11. The molecule has 0 radical (unpaired) electrons. The normalized spacial score (nSPS) is 40.1. The van der Waals surface area contributed by atoms with E-state index in [0.29, 0.717) is 12.8 Å². The smallest absolute Gasteiger partial charge is 0.330 e. The summed E-state index contributed by atoms with van der Waals surface area (Å²) in [6.45, 7) is 17.9. The van der Waals surface area contributed by atoms with E-state index < -0.39 is 29.6 Å². The van der Waals surface area contributed by atoms with Crippen molar-refractivity contribution in [2.24, 2.45) is 39.4 Å². The number of carboxylic acid groups (broad SMARTS) is 1. The van der Waals surface area contributed by atoms with Crippen LogP contribution in [0.4, 0.5) is 0 Å². The zero-order valence-corrected chi connectivity index (χ0v) is 27.9. The Labute approximate surface area is 257 Å². The van der Waals surface area contributed by atoms with Crippen molar-refractivity contribution >= 4 is 17.9 Å². The summed E-state index contributed by atoms with van der Waals surface area (Å²) in [6.07, 6.45) is 5.41. The summed E-state index contributed by atoms with van der Waals surface area (Å²) in [5, 5.41) is 21.4. The predicted octanol–water partition coefficient (Wildman–Crippen LogP) is 6.25. The molecule has 0 heterocycles. The highest BCUT2D eigenvalue weighted by Crippen LogP contribution is 2.73. The van der Waals surface area contributed by atoms with Gasteiger partial charge in [-0.15, -0.1) is 0 Å². The van der Waals surface area contributed by atoms with Crippen molar-refractivity contribution in [2.45, 2.75) is 132 Å². The zero-order valence-electron chi connectivity index (χ0n) is 27.9. The van der Waals surface area contributed by atoms with Crippen molar-refractivity contribution in [3.8, 4) is 0 Å². The Hall–Kier alpha value is -2.19. The lowest BCUT2D eigenvalue weighted by molar-refractivity contribution is -0.171. The average Bonchev–Trinajstić information content (AvgIpc) is 3.13. The van der Waals surface area contributed by atoms with Gasteiger partial charge in [0, 0.05) is 43.8 Å². The molecule has 0 aromatic carbocycles. The van der Waals surface area contributed by atoms with Gasteiger partial charge in [-0.3, -0.25) is 9.59 Å². The van der Waals surface area contributed by atoms with Crippen LogP contribution in [0.3, 0.4) is 0 Å². The van der Waals surface area contributed by atoms with Crippen molar-refractivity contribution < 1.29 is 38.8 Å². The van der Waals surface area contributed by atoms with Crippen LogP contribution in [-0.4, -0.2) is 59.6 Å². The molecule has 0 saturated heterocycles. The molecule has 8 heteroatoms. The number of aliphatic carboxylic acids is 1. The van der Waals surface area contributed by atoms with E-state index in [1.54, 1.807) is 20.1 Å². The number of hydrogen-bond donors (Lipinski definition) is 2. The second-order valence-electron chi connectivity index (χ2n) is 15.2. The van der Waals surface area contributed by atoms with Gasteiger partial charge in [-0.2, -0.15) is 0 Å². The number of rotatable bonds is 8. The maximum absolute atomic E-state index is 12.2. The first-order chi connectivity index (χ1) is 19.9. The molecule has 0 bridgehead atoms. The van der Waals surface area contributed by atoms with Crippen LogP contribution in [0, 0.1) is 39.4 Å². The number of methoxy groups -OCH3 is 1. The number of carbonyl (C=O) groups excluding carboxylic acids is 2. The topological polar surface area (TPSA) is 119 Å². The number of ether oxygens (including phenoxy) is 3. The van der Waals surface area contributed by atoms with Crippen LogP contribution in [-0.2, 0) is 28.6 Å². The van der Waals surface area contributed by atoms with Gasteiger partial charge in [0.2, 0.25) is 0 Å². The van der Waals surface area contributed by atoms with Crippen molar-refractivity contribution in [1.29, 1.82) is 0 Å². The molecule has 4 aliphatic rings. The summed E-state index contributed by atoms with van der Waals surface area (Å²) in [5.74, 6) is -1.43. The maximum Gasteiger partial charge on any atom is 0.330 e. The van der Waals surface area contributed by atoms with Gasteiger partial charge in [0.05, 0.1) is 12.2 Å². The Morgan fingerprint density at radius 2 is 1.67 bits per heavy atom. The van der Waals surface area contributed by atoms with Crippen LogP contribution < -0.4 is 0 Å².